The second-order valence-electron chi connectivity index (χ2n) is 18.2. The topological polar surface area (TPSA) is 33.9 Å². The van der Waals surface area contributed by atoms with Gasteiger partial charge in [0.05, 0.1) is 28.1 Å². The minimum Gasteiger partial charge on any atom is -0.352 e. The molecule has 0 bridgehead atoms. The number of thiophene rings is 1. The van der Waals surface area contributed by atoms with Crippen LogP contribution >= 0.6 is 11.3 Å². The molecule has 1 aliphatic heterocycles. The highest BCUT2D eigenvalue weighted by Crippen LogP contribution is 2.50. The Kier molecular flexibility index (Phi) is 7.49. The summed E-state index contributed by atoms with van der Waals surface area (Å²) in [5.41, 5.74) is 17.5. The molecule has 304 valence electrons. The van der Waals surface area contributed by atoms with Crippen LogP contribution in [-0.2, 0) is 5.41 Å². The molecule has 2 N–H and O–H groups in total. The van der Waals surface area contributed by atoms with Crippen molar-refractivity contribution >= 4 is 80.8 Å². The largest absolute Gasteiger partial charge is 0.352 e. The van der Waals surface area contributed by atoms with Crippen LogP contribution in [0, 0.1) is 0 Å². The van der Waals surface area contributed by atoms with Crippen molar-refractivity contribution in [1.82, 2.24) is 14.5 Å². The van der Waals surface area contributed by atoms with Gasteiger partial charge in [-0.2, -0.15) is 0 Å². The van der Waals surface area contributed by atoms with Gasteiger partial charge in [-0.25, -0.2) is 0 Å². The highest BCUT2D eigenvalue weighted by atomic mass is 32.1. The van der Waals surface area contributed by atoms with Crippen molar-refractivity contribution in [3.05, 3.63) is 216 Å². The van der Waals surface area contributed by atoms with Gasteiger partial charge in [0.25, 0.3) is 0 Å². The second kappa shape index (κ2) is 13.3. The average molecular weight is 839 g/mol. The first-order valence-electron chi connectivity index (χ1n) is 22.3. The van der Waals surface area contributed by atoms with Gasteiger partial charge in [0, 0.05) is 58.5 Å². The number of fused-ring (bicyclic) bond motifs is 13. The zero-order valence-electron chi connectivity index (χ0n) is 35.4. The number of hydrogen-bond donors (Lipinski definition) is 2. The Morgan fingerprint density at radius 3 is 1.94 bits per heavy atom. The number of hydrogen-bond acceptors (Lipinski definition) is 3. The Labute approximate surface area is 374 Å². The molecular weight excluding hydrogens is 797 g/mol. The Balaban J connectivity index is 0.888. The monoisotopic (exact) mass is 838 g/mol. The van der Waals surface area contributed by atoms with Gasteiger partial charge in [-0.05, 0) is 105 Å². The quantitative estimate of drug-likeness (QED) is 0.185. The number of aromatic nitrogens is 2. The van der Waals surface area contributed by atoms with E-state index in [9.17, 15) is 0 Å². The van der Waals surface area contributed by atoms with E-state index >= 15 is 0 Å². The zero-order valence-corrected chi connectivity index (χ0v) is 36.2. The number of para-hydroxylation sites is 3. The molecule has 0 spiro atoms. The fraction of sp³-hybridized carbons (Fsp3) is 0.0847. The van der Waals surface area contributed by atoms with Crippen molar-refractivity contribution in [3.63, 3.8) is 0 Å². The van der Waals surface area contributed by atoms with Crippen molar-refractivity contribution in [1.29, 1.82) is 0 Å². The first-order chi connectivity index (χ1) is 31.5. The van der Waals surface area contributed by atoms with Crippen molar-refractivity contribution in [2.45, 2.75) is 31.6 Å². The van der Waals surface area contributed by atoms with Gasteiger partial charge >= 0.3 is 0 Å². The maximum absolute atomic E-state index is 4.13. The van der Waals surface area contributed by atoms with E-state index in [-0.39, 0.29) is 17.7 Å². The molecule has 5 heteroatoms. The van der Waals surface area contributed by atoms with Crippen LogP contribution < -0.4 is 10.6 Å². The third kappa shape index (κ3) is 5.02. The number of anilines is 1. The lowest BCUT2D eigenvalue weighted by Gasteiger charge is -2.36. The predicted octanol–water partition coefficient (Wildman–Crippen LogP) is 15.5. The molecule has 0 saturated heterocycles. The van der Waals surface area contributed by atoms with Crippen LogP contribution in [0.1, 0.15) is 48.4 Å². The molecule has 0 fully saturated rings. The third-order valence-electron chi connectivity index (χ3n) is 14.4. The van der Waals surface area contributed by atoms with E-state index in [1.165, 1.54) is 114 Å². The van der Waals surface area contributed by atoms with Gasteiger partial charge in [0.1, 0.15) is 0 Å². The summed E-state index contributed by atoms with van der Waals surface area (Å²) in [6.07, 6.45) is -0.195. The van der Waals surface area contributed by atoms with Gasteiger partial charge in [-0.3, -0.25) is 5.32 Å². The fourth-order valence-electron chi connectivity index (χ4n) is 11.4. The van der Waals surface area contributed by atoms with E-state index < -0.39 is 0 Å². The molecule has 4 heterocycles. The molecule has 64 heavy (non-hydrogen) atoms. The third-order valence-corrected chi connectivity index (χ3v) is 15.7. The summed E-state index contributed by atoms with van der Waals surface area (Å²) in [6, 6.07) is 72.2. The summed E-state index contributed by atoms with van der Waals surface area (Å²) in [5.74, 6) is 0. The fourth-order valence-corrected chi connectivity index (χ4v) is 12.7. The molecule has 12 aromatic rings. The first-order valence-corrected chi connectivity index (χ1v) is 23.1. The Morgan fingerprint density at radius 2 is 1.08 bits per heavy atom. The smallest absolute Gasteiger partial charge is 0.160 e. The number of rotatable bonds is 4. The minimum atomic E-state index is -0.195. The molecule has 2 aliphatic rings. The standard InChI is InChI=1S/C59H42N4S/c1-59(2)48-21-8-3-14-38(48)39-29-28-37(34-49(39)59)62-51-23-10-5-15-40(51)46-32-35(26-30-53(46)62)36-27-31-54-47(33-36)41-16-6-11-24-52(41)63(54)58-60-50-22-9-4-18-44(50)56(61-58)45-20-13-19-43-42-17-7-12-25-55(42)64-57(43)45/h3-34,56,58,60-61H,1-2H3. The SMILES string of the molecule is CC1(C)c2ccccc2-c2ccc(-n3c4ccccc4c4cc(-c5ccc6c(c5)c5ccccc5n6C5Nc6ccccc6C(c6cccc7c6sc6ccccc67)N5)ccc43)cc21. The van der Waals surface area contributed by atoms with E-state index in [1.54, 1.807) is 0 Å². The summed E-state index contributed by atoms with van der Waals surface area (Å²) in [4.78, 5) is 0. The summed E-state index contributed by atoms with van der Waals surface area (Å²) in [6.45, 7) is 4.72. The van der Waals surface area contributed by atoms with E-state index in [0.717, 1.165) is 5.69 Å². The number of nitrogens with one attached hydrogen (secondary N) is 2. The van der Waals surface area contributed by atoms with Crippen LogP contribution in [0.25, 0.3) is 91.7 Å². The van der Waals surface area contributed by atoms with Crippen LogP contribution in [0.2, 0.25) is 0 Å². The number of benzene rings is 9. The molecule has 0 amide bonds. The minimum absolute atomic E-state index is 0.0110. The van der Waals surface area contributed by atoms with Gasteiger partial charge in [0.2, 0.25) is 0 Å². The highest BCUT2D eigenvalue weighted by molar-refractivity contribution is 7.26. The number of nitrogens with zero attached hydrogens (tertiary/aromatic N) is 2. The van der Waals surface area contributed by atoms with E-state index in [2.05, 4.69) is 228 Å². The van der Waals surface area contributed by atoms with Crippen LogP contribution in [0.5, 0.6) is 0 Å². The lowest BCUT2D eigenvalue weighted by molar-refractivity contribution is 0.418. The molecular formula is C59H42N4S. The first kappa shape index (κ1) is 36.1. The molecule has 1 aliphatic carbocycles. The summed E-state index contributed by atoms with van der Waals surface area (Å²) >= 11 is 1.89. The van der Waals surface area contributed by atoms with Gasteiger partial charge < -0.3 is 14.5 Å². The highest BCUT2D eigenvalue weighted by Gasteiger charge is 2.36. The molecule has 14 rings (SSSR count). The molecule has 0 radical (unpaired) electrons. The summed E-state index contributed by atoms with van der Waals surface area (Å²) < 4.78 is 7.59. The molecule has 3 aromatic heterocycles. The van der Waals surface area contributed by atoms with E-state index in [4.69, 9.17) is 0 Å². The van der Waals surface area contributed by atoms with E-state index in [1.807, 2.05) is 11.3 Å². The van der Waals surface area contributed by atoms with Crippen LogP contribution in [-0.4, -0.2) is 9.13 Å². The normalized spacial score (nSPS) is 16.5. The molecule has 9 aromatic carbocycles. The van der Waals surface area contributed by atoms with Crippen LogP contribution in [0.4, 0.5) is 5.69 Å². The van der Waals surface area contributed by atoms with Crippen molar-refractivity contribution in [2.24, 2.45) is 0 Å². The second-order valence-corrected chi connectivity index (χ2v) is 19.2. The zero-order chi connectivity index (χ0) is 42.3. The van der Waals surface area contributed by atoms with Crippen LogP contribution in [0.15, 0.2) is 194 Å². The molecule has 4 nitrogen and oxygen atoms in total. The summed E-state index contributed by atoms with van der Waals surface area (Å²) in [7, 11) is 0. The maximum Gasteiger partial charge on any atom is 0.160 e. The van der Waals surface area contributed by atoms with E-state index in [0.29, 0.717) is 0 Å². The van der Waals surface area contributed by atoms with Gasteiger partial charge in [-0.15, -0.1) is 11.3 Å². The lowest BCUT2D eigenvalue weighted by Crippen LogP contribution is -2.40. The lowest BCUT2D eigenvalue weighted by atomic mass is 9.82. The molecule has 2 unspecified atom stereocenters. The Morgan fingerprint density at radius 1 is 0.469 bits per heavy atom. The van der Waals surface area contributed by atoms with Crippen molar-refractivity contribution in [3.8, 4) is 27.9 Å². The van der Waals surface area contributed by atoms with Crippen molar-refractivity contribution in [2.75, 3.05) is 5.32 Å². The van der Waals surface area contributed by atoms with Crippen LogP contribution in [0.3, 0.4) is 0 Å². The average Bonchev–Trinajstić information content (AvgIpc) is 4.06. The maximum atomic E-state index is 4.13. The predicted molar refractivity (Wildman–Crippen MR) is 270 cm³/mol. The molecule has 0 saturated carbocycles. The van der Waals surface area contributed by atoms with Gasteiger partial charge in [-0.1, -0.05) is 147 Å². The van der Waals surface area contributed by atoms with Crippen molar-refractivity contribution < 1.29 is 0 Å². The van der Waals surface area contributed by atoms with Gasteiger partial charge in [0.15, 0.2) is 6.29 Å². The summed E-state index contributed by atoms with van der Waals surface area (Å²) in [5, 5.41) is 15.7. The Hall–Kier alpha value is -7.44. The Bertz CT molecular complexity index is 3920. The molecule has 2 atom stereocenters.